The maximum Gasteiger partial charge on any atom is 0.219 e. The van der Waals surface area contributed by atoms with Crippen LogP contribution in [0.25, 0.3) is 0 Å². The monoisotopic (exact) mass is 182 g/mol. The number of H-pyrrole nitrogens is 1. The molecule has 0 unspecified atom stereocenters. The molecule has 13 heavy (non-hydrogen) atoms. The van der Waals surface area contributed by atoms with Gasteiger partial charge in [0, 0.05) is 19.4 Å². The molecule has 0 atom stereocenters. The van der Waals surface area contributed by atoms with Gasteiger partial charge in [-0.3, -0.25) is 9.89 Å². The Kier molecular flexibility index (Phi) is 3.95. The fourth-order valence-electron chi connectivity index (χ4n) is 0.987. The Morgan fingerprint density at radius 1 is 1.69 bits per heavy atom. The van der Waals surface area contributed by atoms with Gasteiger partial charge in [-0.05, 0) is 6.42 Å². The van der Waals surface area contributed by atoms with Gasteiger partial charge in [0.15, 0.2) is 0 Å². The fraction of sp³-hybridized carbons (Fsp3) is 0.625. The molecule has 5 nitrogen and oxygen atoms in total. The van der Waals surface area contributed by atoms with Gasteiger partial charge in [0.25, 0.3) is 0 Å². The Hall–Kier alpha value is -1.39. The number of nitrogens with one attached hydrogen (secondary N) is 2. The van der Waals surface area contributed by atoms with Crippen LogP contribution in [0.1, 0.15) is 25.6 Å². The summed E-state index contributed by atoms with van der Waals surface area (Å²) in [7, 11) is 0. The summed E-state index contributed by atoms with van der Waals surface area (Å²) in [5.74, 6) is 0.902. The molecule has 0 aromatic carbocycles. The molecule has 0 fully saturated rings. The molecule has 1 aromatic rings. The molecule has 1 rings (SSSR count). The number of aromatic amines is 1. The SMILES string of the molecule is CCCC(=O)NCCc1ncn[nH]1. The van der Waals surface area contributed by atoms with Crippen LogP contribution >= 0.6 is 0 Å². The minimum atomic E-state index is 0.0991. The van der Waals surface area contributed by atoms with Gasteiger partial charge in [-0.15, -0.1) is 0 Å². The molecule has 0 saturated carbocycles. The first kappa shape index (κ1) is 9.70. The Morgan fingerprint density at radius 3 is 3.15 bits per heavy atom. The van der Waals surface area contributed by atoms with E-state index < -0.39 is 0 Å². The van der Waals surface area contributed by atoms with E-state index in [9.17, 15) is 4.79 Å². The standard InChI is InChI=1S/C8H14N4O/c1-2-3-8(13)9-5-4-7-10-6-11-12-7/h6H,2-5H2,1H3,(H,9,13)(H,10,11,12). The Labute approximate surface area is 76.9 Å². The highest BCUT2D eigenvalue weighted by atomic mass is 16.1. The van der Waals surface area contributed by atoms with E-state index in [1.165, 1.54) is 6.33 Å². The third-order valence-corrected chi connectivity index (χ3v) is 1.63. The number of rotatable bonds is 5. The Morgan fingerprint density at radius 2 is 2.54 bits per heavy atom. The zero-order chi connectivity index (χ0) is 9.52. The van der Waals surface area contributed by atoms with Gasteiger partial charge in [-0.1, -0.05) is 6.92 Å². The quantitative estimate of drug-likeness (QED) is 0.686. The molecule has 0 aliphatic heterocycles. The number of amides is 1. The average molecular weight is 182 g/mol. The highest BCUT2D eigenvalue weighted by Crippen LogP contribution is 1.88. The van der Waals surface area contributed by atoms with Gasteiger partial charge < -0.3 is 5.32 Å². The topological polar surface area (TPSA) is 70.7 Å². The summed E-state index contributed by atoms with van der Waals surface area (Å²) in [5, 5.41) is 9.23. The molecule has 2 N–H and O–H groups in total. The minimum Gasteiger partial charge on any atom is -0.356 e. The number of carbonyl (C=O) groups excluding carboxylic acids is 1. The summed E-state index contributed by atoms with van der Waals surface area (Å²) in [6.07, 6.45) is 3.64. The van der Waals surface area contributed by atoms with Crippen molar-refractivity contribution in [2.45, 2.75) is 26.2 Å². The smallest absolute Gasteiger partial charge is 0.219 e. The first-order chi connectivity index (χ1) is 6.33. The highest BCUT2D eigenvalue weighted by molar-refractivity contribution is 5.75. The molecule has 1 amide bonds. The lowest BCUT2D eigenvalue weighted by Crippen LogP contribution is -2.25. The maximum absolute atomic E-state index is 11.0. The molecule has 0 radical (unpaired) electrons. The van der Waals surface area contributed by atoms with Crippen LogP contribution in [0.2, 0.25) is 0 Å². The molecular formula is C8H14N4O. The molecule has 0 spiro atoms. The molecule has 0 aliphatic rings. The Bertz CT molecular complexity index is 245. The molecule has 72 valence electrons. The van der Waals surface area contributed by atoms with Gasteiger partial charge in [0.1, 0.15) is 12.2 Å². The minimum absolute atomic E-state index is 0.0991. The largest absolute Gasteiger partial charge is 0.356 e. The van der Waals surface area contributed by atoms with Crippen molar-refractivity contribution in [3.05, 3.63) is 12.2 Å². The van der Waals surface area contributed by atoms with E-state index in [1.807, 2.05) is 6.92 Å². The third-order valence-electron chi connectivity index (χ3n) is 1.63. The van der Waals surface area contributed by atoms with Crippen LogP contribution in [0.15, 0.2) is 6.33 Å². The first-order valence-electron chi connectivity index (χ1n) is 4.44. The number of hydrogen-bond acceptors (Lipinski definition) is 3. The summed E-state index contributed by atoms with van der Waals surface area (Å²) in [6.45, 7) is 2.60. The normalized spacial score (nSPS) is 9.92. The molecule has 1 heterocycles. The van der Waals surface area contributed by atoms with Gasteiger partial charge in [-0.25, -0.2) is 4.98 Å². The van der Waals surface area contributed by atoms with E-state index >= 15 is 0 Å². The maximum atomic E-state index is 11.0. The average Bonchev–Trinajstić information content (AvgIpc) is 2.57. The van der Waals surface area contributed by atoms with Gasteiger partial charge >= 0.3 is 0 Å². The van der Waals surface area contributed by atoms with E-state index in [1.54, 1.807) is 0 Å². The van der Waals surface area contributed by atoms with Crippen LogP contribution in [-0.2, 0) is 11.2 Å². The molecule has 0 aliphatic carbocycles. The van der Waals surface area contributed by atoms with Gasteiger partial charge in [0.05, 0.1) is 0 Å². The van der Waals surface area contributed by atoms with Crippen molar-refractivity contribution in [1.82, 2.24) is 20.5 Å². The summed E-state index contributed by atoms with van der Waals surface area (Å²) < 4.78 is 0. The van der Waals surface area contributed by atoms with Crippen LogP contribution in [0.3, 0.4) is 0 Å². The predicted octanol–water partition coefficient (Wildman–Crippen LogP) is 0.263. The zero-order valence-electron chi connectivity index (χ0n) is 7.71. The fourth-order valence-corrected chi connectivity index (χ4v) is 0.987. The lowest BCUT2D eigenvalue weighted by atomic mass is 10.3. The molecule has 0 bridgehead atoms. The number of hydrogen-bond donors (Lipinski definition) is 2. The lowest BCUT2D eigenvalue weighted by Gasteiger charge is -2.01. The second-order valence-corrected chi connectivity index (χ2v) is 2.78. The van der Waals surface area contributed by atoms with Crippen LogP contribution in [-0.4, -0.2) is 27.6 Å². The van der Waals surface area contributed by atoms with Crippen molar-refractivity contribution in [3.8, 4) is 0 Å². The van der Waals surface area contributed by atoms with E-state index in [2.05, 4.69) is 20.5 Å². The lowest BCUT2D eigenvalue weighted by molar-refractivity contribution is -0.121. The summed E-state index contributed by atoms with van der Waals surface area (Å²) in [4.78, 5) is 15.0. The van der Waals surface area contributed by atoms with Gasteiger partial charge in [0.2, 0.25) is 5.91 Å². The summed E-state index contributed by atoms with van der Waals surface area (Å²) >= 11 is 0. The van der Waals surface area contributed by atoms with Crippen molar-refractivity contribution in [3.63, 3.8) is 0 Å². The van der Waals surface area contributed by atoms with Crippen LogP contribution in [0, 0.1) is 0 Å². The number of carbonyl (C=O) groups is 1. The Balaban J connectivity index is 2.11. The van der Waals surface area contributed by atoms with Crippen molar-refractivity contribution in [2.75, 3.05) is 6.54 Å². The zero-order valence-corrected chi connectivity index (χ0v) is 7.71. The molecule has 1 aromatic heterocycles. The summed E-state index contributed by atoms with van der Waals surface area (Å²) in [6, 6.07) is 0. The first-order valence-corrected chi connectivity index (χ1v) is 4.44. The van der Waals surface area contributed by atoms with E-state index in [0.717, 1.165) is 12.2 Å². The van der Waals surface area contributed by atoms with Crippen LogP contribution in [0.5, 0.6) is 0 Å². The number of nitrogens with zero attached hydrogens (tertiary/aromatic N) is 2. The molecular weight excluding hydrogens is 168 g/mol. The van der Waals surface area contributed by atoms with E-state index in [4.69, 9.17) is 0 Å². The van der Waals surface area contributed by atoms with Gasteiger partial charge in [-0.2, -0.15) is 5.10 Å². The third kappa shape index (κ3) is 3.68. The van der Waals surface area contributed by atoms with E-state index in [0.29, 0.717) is 19.4 Å². The molecule has 5 heteroatoms. The van der Waals surface area contributed by atoms with E-state index in [-0.39, 0.29) is 5.91 Å². The highest BCUT2D eigenvalue weighted by Gasteiger charge is 1.99. The van der Waals surface area contributed by atoms with Crippen molar-refractivity contribution >= 4 is 5.91 Å². The van der Waals surface area contributed by atoms with Crippen LogP contribution < -0.4 is 5.32 Å². The van der Waals surface area contributed by atoms with Crippen LogP contribution in [0.4, 0.5) is 0 Å². The second-order valence-electron chi connectivity index (χ2n) is 2.78. The van der Waals surface area contributed by atoms with Crippen molar-refractivity contribution < 1.29 is 4.79 Å². The molecule has 0 saturated heterocycles. The predicted molar refractivity (Wildman–Crippen MR) is 48.0 cm³/mol. The summed E-state index contributed by atoms with van der Waals surface area (Å²) in [5.41, 5.74) is 0. The van der Waals surface area contributed by atoms with Crippen molar-refractivity contribution in [1.29, 1.82) is 0 Å². The second kappa shape index (κ2) is 5.29. The van der Waals surface area contributed by atoms with Crippen molar-refractivity contribution in [2.24, 2.45) is 0 Å². The number of aromatic nitrogens is 3.